The van der Waals surface area contributed by atoms with E-state index in [4.69, 9.17) is 14.1 Å². The lowest BCUT2D eigenvalue weighted by atomic mass is 10.0. The molecule has 1 fully saturated rings. The van der Waals surface area contributed by atoms with Crippen molar-refractivity contribution in [2.45, 2.75) is 48.3 Å². The Bertz CT molecular complexity index is 959. The zero-order valence-electron chi connectivity index (χ0n) is 16.3. The third kappa shape index (κ3) is 4.60. The third-order valence-corrected chi connectivity index (χ3v) is 5.68. The van der Waals surface area contributed by atoms with Crippen LogP contribution < -0.4 is 0 Å². The van der Waals surface area contributed by atoms with Gasteiger partial charge in [0.25, 0.3) is 0 Å². The normalized spacial score (nSPS) is 15.6. The number of ether oxygens (including phenoxy) is 1. The largest absolute Gasteiger partial charge is 0.506 e. The molecule has 1 aliphatic heterocycles. The minimum absolute atomic E-state index is 0.112. The second-order valence-electron chi connectivity index (χ2n) is 7.52. The molecule has 0 amide bonds. The summed E-state index contributed by atoms with van der Waals surface area (Å²) in [5, 5.41) is 21.0. The quantitative estimate of drug-likeness (QED) is 0.644. The number of oxazole rings is 1. The first-order valence-electron chi connectivity index (χ1n) is 9.51. The first kappa shape index (κ1) is 19.9. The van der Waals surface area contributed by atoms with Crippen LogP contribution in [0.4, 0.5) is 0 Å². The second-order valence-corrected chi connectivity index (χ2v) is 8.52. The Kier molecular flexibility index (Phi) is 5.58. The molecule has 0 spiro atoms. The molecule has 29 heavy (non-hydrogen) atoms. The number of rotatable bonds is 5. The van der Waals surface area contributed by atoms with Crippen molar-refractivity contribution in [2.75, 3.05) is 13.2 Å². The molecule has 0 aromatic carbocycles. The van der Waals surface area contributed by atoms with Gasteiger partial charge in [0.1, 0.15) is 22.1 Å². The van der Waals surface area contributed by atoms with Crippen LogP contribution in [0.2, 0.25) is 0 Å². The fourth-order valence-corrected chi connectivity index (χ4v) is 3.94. The summed E-state index contributed by atoms with van der Waals surface area (Å²) in [6, 6.07) is 7.01. The van der Waals surface area contributed by atoms with Gasteiger partial charge in [-0.1, -0.05) is 0 Å². The lowest BCUT2D eigenvalue weighted by Gasteiger charge is -2.18. The highest BCUT2D eigenvalue weighted by Gasteiger charge is 2.26. The Labute approximate surface area is 173 Å². The Morgan fingerprint density at radius 3 is 2.48 bits per heavy atom. The van der Waals surface area contributed by atoms with Crippen LogP contribution in [0.5, 0.6) is 5.75 Å². The summed E-state index contributed by atoms with van der Waals surface area (Å²) in [4.78, 5) is 13.4. The molecular weight excluding hydrogens is 390 g/mol. The third-order valence-electron chi connectivity index (χ3n) is 4.76. The monoisotopic (exact) mass is 413 g/mol. The molecule has 1 aliphatic rings. The summed E-state index contributed by atoms with van der Waals surface area (Å²) in [6.07, 6.45) is 4.85. The predicted octanol–water partition coefficient (Wildman–Crippen LogP) is 4.11. The van der Waals surface area contributed by atoms with E-state index in [9.17, 15) is 10.2 Å². The number of pyridine rings is 2. The highest BCUT2D eigenvalue weighted by atomic mass is 32.2. The van der Waals surface area contributed by atoms with Gasteiger partial charge in [0.05, 0.1) is 11.9 Å². The van der Waals surface area contributed by atoms with E-state index >= 15 is 0 Å². The van der Waals surface area contributed by atoms with Crippen molar-refractivity contribution in [1.82, 2.24) is 15.0 Å². The SMILES string of the molecule is CC(C)(O)c1ccc(-c2nc(C3CCOCC3)oc2Sc2ccc(O)cn2)cn1. The number of aliphatic hydroxyl groups is 1. The van der Waals surface area contributed by atoms with Gasteiger partial charge in [-0.15, -0.1) is 0 Å². The standard InChI is InChI=1S/C21H23N3O4S/c1-21(2,26)16-5-3-14(11-22-16)18-20(29-17-6-4-15(25)12-23-17)28-19(24-18)13-7-9-27-10-8-13/h3-6,11-13,25-26H,7-10H2,1-2H3. The van der Waals surface area contributed by atoms with E-state index in [2.05, 4.69) is 9.97 Å². The molecule has 0 aliphatic carbocycles. The molecule has 152 valence electrons. The van der Waals surface area contributed by atoms with Crippen LogP contribution in [0.3, 0.4) is 0 Å². The number of hydrogen-bond donors (Lipinski definition) is 2. The van der Waals surface area contributed by atoms with Crippen LogP contribution >= 0.6 is 11.8 Å². The lowest BCUT2D eigenvalue weighted by molar-refractivity contribution is 0.0739. The fourth-order valence-electron chi connectivity index (χ4n) is 3.12. The first-order chi connectivity index (χ1) is 13.9. The molecule has 7 nitrogen and oxygen atoms in total. The molecule has 2 N–H and O–H groups in total. The number of nitrogens with zero attached hydrogens (tertiary/aromatic N) is 3. The zero-order valence-corrected chi connectivity index (χ0v) is 17.1. The minimum atomic E-state index is -1.01. The van der Waals surface area contributed by atoms with Crippen molar-refractivity contribution in [3.05, 3.63) is 48.2 Å². The van der Waals surface area contributed by atoms with Gasteiger partial charge in [0, 0.05) is 30.9 Å². The Morgan fingerprint density at radius 2 is 1.86 bits per heavy atom. The van der Waals surface area contributed by atoms with E-state index in [0.717, 1.165) is 18.4 Å². The van der Waals surface area contributed by atoms with Gasteiger partial charge in [0.2, 0.25) is 0 Å². The van der Waals surface area contributed by atoms with Crippen LogP contribution in [0.1, 0.15) is 44.2 Å². The van der Waals surface area contributed by atoms with Gasteiger partial charge in [0.15, 0.2) is 11.0 Å². The smallest absolute Gasteiger partial charge is 0.199 e. The van der Waals surface area contributed by atoms with E-state index in [-0.39, 0.29) is 11.7 Å². The van der Waals surface area contributed by atoms with Crippen molar-refractivity contribution < 1.29 is 19.4 Å². The molecule has 1 saturated heterocycles. The van der Waals surface area contributed by atoms with Crippen LogP contribution in [0, 0.1) is 0 Å². The van der Waals surface area contributed by atoms with E-state index in [1.807, 2.05) is 6.07 Å². The second kappa shape index (κ2) is 8.14. The molecule has 0 saturated carbocycles. The van der Waals surface area contributed by atoms with E-state index in [1.165, 1.54) is 18.0 Å². The lowest BCUT2D eigenvalue weighted by Crippen LogP contribution is -2.17. The molecular formula is C21H23N3O4S. The molecule has 0 unspecified atom stereocenters. The topological polar surface area (TPSA) is 102 Å². The highest BCUT2D eigenvalue weighted by Crippen LogP contribution is 2.39. The van der Waals surface area contributed by atoms with Crippen LogP contribution in [0.15, 0.2) is 51.2 Å². The van der Waals surface area contributed by atoms with Gasteiger partial charge >= 0.3 is 0 Å². The number of aromatic hydroxyl groups is 1. The average Bonchev–Trinajstić information content (AvgIpc) is 3.14. The highest BCUT2D eigenvalue weighted by molar-refractivity contribution is 7.99. The molecule has 0 atom stereocenters. The molecule has 4 rings (SSSR count). The van der Waals surface area contributed by atoms with Crippen molar-refractivity contribution in [3.8, 4) is 17.0 Å². The predicted molar refractivity (Wildman–Crippen MR) is 108 cm³/mol. The molecule has 8 heteroatoms. The average molecular weight is 413 g/mol. The van der Waals surface area contributed by atoms with E-state index in [0.29, 0.717) is 40.6 Å². The van der Waals surface area contributed by atoms with Crippen LogP contribution in [-0.4, -0.2) is 38.4 Å². The summed E-state index contributed by atoms with van der Waals surface area (Å²) in [5.74, 6) is 1.02. The molecule has 3 aromatic rings. The molecule has 3 aromatic heterocycles. The Balaban J connectivity index is 1.69. The van der Waals surface area contributed by atoms with E-state index in [1.54, 1.807) is 38.2 Å². The van der Waals surface area contributed by atoms with Gasteiger partial charge in [-0.3, -0.25) is 4.98 Å². The summed E-state index contributed by atoms with van der Waals surface area (Å²) in [7, 11) is 0. The number of aromatic nitrogens is 3. The summed E-state index contributed by atoms with van der Waals surface area (Å²) < 4.78 is 11.6. The van der Waals surface area contributed by atoms with Crippen LogP contribution in [0.25, 0.3) is 11.3 Å². The van der Waals surface area contributed by atoms with Crippen molar-refractivity contribution in [1.29, 1.82) is 0 Å². The fraction of sp³-hybridized carbons (Fsp3) is 0.381. The van der Waals surface area contributed by atoms with Crippen LogP contribution in [-0.2, 0) is 10.3 Å². The summed E-state index contributed by atoms with van der Waals surface area (Å²) in [5.41, 5.74) is 1.08. The molecule has 0 radical (unpaired) electrons. The van der Waals surface area contributed by atoms with Gasteiger partial charge in [-0.2, -0.15) is 0 Å². The van der Waals surface area contributed by atoms with Gasteiger partial charge in [-0.25, -0.2) is 9.97 Å². The van der Waals surface area contributed by atoms with Gasteiger partial charge in [-0.05, 0) is 62.7 Å². The van der Waals surface area contributed by atoms with E-state index < -0.39 is 5.60 Å². The minimum Gasteiger partial charge on any atom is -0.506 e. The van der Waals surface area contributed by atoms with Crippen molar-refractivity contribution in [2.24, 2.45) is 0 Å². The van der Waals surface area contributed by atoms with Gasteiger partial charge < -0.3 is 19.4 Å². The maximum atomic E-state index is 10.2. The van der Waals surface area contributed by atoms with Crippen molar-refractivity contribution >= 4 is 11.8 Å². The maximum Gasteiger partial charge on any atom is 0.199 e. The number of hydrogen-bond acceptors (Lipinski definition) is 8. The molecule has 0 bridgehead atoms. The Morgan fingerprint density at radius 1 is 1.07 bits per heavy atom. The maximum absolute atomic E-state index is 10.2. The molecule has 4 heterocycles. The zero-order chi connectivity index (χ0) is 20.4. The van der Waals surface area contributed by atoms with Crippen molar-refractivity contribution in [3.63, 3.8) is 0 Å². The summed E-state index contributed by atoms with van der Waals surface area (Å²) in [6.45, 7) is 4.80. The Hall–Kier alpha value is -2.42. The first-order valence-corrected chi connectivity index (χ1v) is 10.3. The summed E-state index contributed by atoms with van der Waals surface area (Å²) >= 11 is 1.35.